The van der Waals surface area contributed by atoms with Gasteiger partial charge in [-0.2, -0.15) is 0 Å². The van der Waals surface area contributed by atoms with Crippen molar-refractivity contribution in [3.05, 3.63) is 35.9 Å². The second-order valence-corrected chi connectivity index (χ2v) is 7.65. The van der Waals surface area contributed by atoms with Crippen LogP contribution in [0.2, 0.25) is 0 Å². The van der Waals surface area contributed by atoms with Crippen LogP contribution < -0.4 is 0 Å². The molecule has 1 aromatic carbocycles. The van der Waals surface area contributed by atoms with Crippen molar-refractivity contribution in [2.75, 3.05) is 24.7 Å². The van der Waals surface area contributed by atoms with Crippen LogP contribution in [0.3, 0.4) is 0 Å². The van der Waals surface area contributed by atoms with Gasteiger partial charge in [0.15, 0.2) is 0 Å². The van der Waals surface area contributed by atoms with Crippen LogP contribution in [-0.2, 0) is 9.59 Å². The molecule has 3 rings (SSSR count). The lowest BCUT2D eigenvalue weighted by molar-refractivity contribution is -0.149. The van der Waals surface area contributed by atoms with Crippen LogP contribution >= 0.6 is 11.8 Å². The van der Waals surface area contributed by atoms with Crippen molar-refractivity contribution in [1.82, 2.24) is 9.80 Å². The number of rotatable bonds is 3. The Balaban J connectivity index is 1.69. The SMILES string of the molecule is CC1CN(C(=O)C2CSCN2C(=O)c2ccccc2)CCC1C(=O)O. The normalized spacial score (nSPS) is 26.5. The summed E-state index contributed by atoms with van der Waals surface area (Å²) in [5.41, 5.74) is 0.584. The first-order chi connectivity index (χ1) is 12.0. The van der Waals surface area contributed by atoms with Crippen LogP contribution in [0.1, 0.15) is 23.7 Å². The predicted octanol–water partition coefficient (Wildman–Crippen LogP) is 1.77. The summed E-state index contributed by atoms with van der Waals surface area (Å²) in [6.07, 6.45) is 0.467. The van der Waals surface area contributed by atoms with E-state index in [0.717, 1.165) is 0 Å². The maximum atomic E-state index is 12.9. The molecule has 7 heteroatoms. The second kappa shape index (κ2) is 7.47. The molecule has 134 valence electrons. The van der Waals surface area contributed by atoms with Crippen molar-refractivity contribution < 1.29 is 19.5 Å². The van der Waals surface area contributed by atoms with E-state index in [1.165, 1.54) is 0 Å². The molecule has 0 aromatic heterocycles. The minimum absolute atomic E-state index is 0.0648. The third-order valence-corrected chi connectivity index (χ3v) is 6.00. The third kappa shape index (κ3) is 3.66. The number of hydrogen-bond acceptors (Lipinski definition) is 4. The van der Waals surface area contributed by atoms with E-state index in [-0.39, 0.29) is 17.7 Å². The molecule has 1 N–H and O–H groups in total. The molecule has 0 radical (unpaired) electrons. The minimum Gasteiger partial charge on any atom is -0.481 e. The fourth-order valence-corrected chi connectivity index (χ4v) is 4.66. The Bertz CT molecular complexity index is 666. The van der Waals surface area contributed by atoms with Crippen LogP contribution in [0.15, 0.2) is 30.3 Å². The molecule has 2 fully saturated rings. The predicted molar refractivity (Wildman–Crippen MR) is 95.2 cm³/mol. The first-order valence-electron chi connectivity index (χ1n) is 8.44. The zero-order chi connectivity index (χ0) is 18.0. The zero-order valence-corrected chi connectivity index (χ0v) is 14.9. The average Bonchev–Trinajstić information content (AvgIpc) is 3.10. The molecule has 3 unspecified atom stereocenters. The van der Waals surface area contributed by atoms with Crippen LogP contribution in [-0.4, -0.2) is 63.5 Å². The Kier molecular flexibility index (Phi) is 5.32. The topological polar surface area (TPSA) is 77.9 Å². The number of piperidine rings is 1. The van der Waals surface area contributed by atoms with Crippen molar-refractivity contribution in [3.8, 4) is 0 Å². The van der Waals surface area contributed by atoms with Gasteiger partial charge in [0.2, 0.25) is 5.91 Å². The number of carboxylic acids is 1. The monoisotopic (exact) mass is 362 g/mol. The summed E-state index contributed by atoms with van der Waals surface area (Å²) in [5.74, 6) is -0.374. The van der Waals surface area contributed by atoms with Crippen molar-refractivity contribution in [2.24, 2.45) is 11.8 Å². The lowest BCUT2D eigenvalue weighted by Gasteiger charge is -2.37. The lowest BCUT2D eigenvalue weighted by atomic mass is 9.87. The van der Waals surface area contributed by atoms with E-state index in [1.54, 1.807) is 33.7 Å². The Labute approximate surface area is 151 Å². The number of carbonyl (C=O) groups is 3. The van der Waals surface area contributed by atoms with E-state index in [2.05, 4.69) is 0 Å². The molecule has 2 heterocycles. The highest BCUT2D eigenvalue weighted by Crippen LogP contribution is 2.28. The summed E-state index contributed by atoms with van der Waals surface area (Å²) in [7, 11) is 0. The Morgan fingerprint density at radius 1 is 1.20 bits per heavy atom. The number of carboxylic acid groups (broad SMARTS) is 1. The first-order valence-corrected chi connectivity index (χ1v) is 9.60. The Morgan fingerprint density at radius 3 is 2.56 bits per heavy atom. The van der Waals surface area contributed by atoms with Gasteiger partial charge in [-0.15, -0.1) is 11.8 Å². The van der Waals surface area contributed by atoms with Crippen molar-refractivity contribution in [3.63, 3.8) is 0 Å². The number of amides is 2. The summed E-state index contributed by atoms with van der Waals surface area (Å²) in [4.78, 5) is 40.3. The van der Waals surface area contributed by atoms with Gasteiger partial charge in [-0.1, -0.05) is 25.1 Å². The van der Waals surface area contributed by atoms with E-state index in [0.29, 0.717) is 36.7 Å². The quantitative estimate of drug-likeness (QED) is 0.887. The number of aliphatic carboxylic acids is 1. The van der Waals surface area contributed by atoms with Gasteiger partial charge < -0.3 is 14.9 Å². The molecule has 0 bridgehead atoms. The molecule has 2 saturated heterocycles. The van der Waals surface area contributed by atoms with E-state index in [4.69, 9.17) is 0 Å². The number of nitrogens with zero attached hydrogens (tertiary/aromatic N) is 2. The van der Waals surface area contributed by atoms with Crippen molar-refractivity contribution in [1.29, 1.82) is 0 Å². The molecular formula is C18H22N2O4S. The number of carbonyl (C=O) groups excluding carboxylic acids is 2. The van der Waals surface area contributed by atoms with Gasteiger partial charge in [0, 0.05) is 24.4 Å². The van der Waals surface area contributed by atoms with Gasteiger partial charge in [0.1, 0.15) is 6.04 Å². The van der Waals surface area contributed by atoms with Crippen LogP contribution in [0.4, 0.5) is 0 Å². The molecule has 25 heavy (non-hydrogen) atoms. The van der Waals surface area contributed by atoms with Gasteiger partial charge in [-0.25, -0.2) is 0 Å². The molecule has 0 saturated carbocycles. The van der Waals surface area contributed by atoms with Gasteiger partial charge >= 0.3 is 5.97 Å². The molecule has 2 aliphatic rings. The zero-order valence-electron chi connectivity index (χ0n) is 14.1. The van der Waals surface area contributed by atoms with Gasteiger partial charge in [0.25, 0.3) is 5.91 Å². The first kappa shape index (κ1) is 17.8. The van der Waals surface area contributed by atoms with Crippen molar-refractivity contribution in [2.45, 2.75) is 19.4 Å². The molecule has 2 aliphatic heterocycles. The van der Waals surface area contributed by atoms with E-state index < -0.39 is 17.9 Å². The molecule has 0 spiro atoms. The van der Waals surface area contributed by atoms with E-state index >= 15 is 0 Å². The molecular weight excluding hydrogens is 340 g/mol. The molecule has 0 aliphatic carbocycles. The smallest absolute Gasteiger partial charge is 0.306 e. The maximum absolute atomic E-state index is 12.9. The Morgan fingerprint density at radius 2 is 1.92 bits per heavy atom. The van der Waals surface area contributed by atoms with Crippen molar-refractivity contribution >= 4 is 29.5 Å². The fourth-order valence-electron chi connectivity index (χ4n) is 3.52. The molecule has 6 nitrogen and oxygen atoms in total. The number of likely N-dealkylation sites (tertiary alicyclic amines) is 1. The summed E-state index contributed by atoms with van der Waals surface area (Å²) < 4.78 is 0. The number of hydrogen-bond donors (Lipinski definition) is 1. The molecule has 1 aromatic rings. The summed E-state index contributed by atoms with van der Waals surface area (Å²) in [5, 5.41) is 9.23. The highest BCUT2D eigenvalue weighted by Gasteiger charge is 2.40. The van der Waals surface area contributed by atoms with Crippen LogP contribution in [0, 0.1) is 11.8 Å². The van der Waals surface area contributed by atoms with Gasteiger partial charge in [-0.05, 0) is 24.5 Å². The number of benzene rings is 1. The summed E-state index contributed by atoms with van der Waals surface area (Å²) in [6.45, 7) is 2.74. The highest BCUT2D eigenvalue weighted by atomic mass is 32.2. The molecule has 3 atom stereocenters. The van der Waals surface area contributed by atoms with Crippen LogP contribution in [0.5, 0.6) is 0 Å². The van der Waals surface area contributed by atoms with Crippen LogP contribution in [0.25, 0.3) is 0 Å². The average molecular weight is 362 g/mol. The van der Waals surface area contributed by atoms with Gasteiger partial charge in [0.05, 0.1) is 11.8 Å². The lowest BCUT2D eigenvalue weighted by Crippen LogP contribution is -2.53. The molecule has 2 amide bonds. The second-order valence-electron chi connectivity index (χ2n) is 6.65. The fraction of sp³-hybridized carbons (Fsp3) is 0.500. The highest BCUT2D eigenvalue weighted by molar-refractivity contribution is 7.99. The summed E-state index contributed by atoms with van der Waals surface area (Å²) >= 11 is 1.58. The number of thioether (sulfide) groups is 1. The third-order valence-electron chi connectivity index (χ3n) is 4.98. The van der Waals surface area contributed by atoms with Gasteiger partial charge in [-0.3, -0.25) is 14.4 Å². The minimum atomic E-state index is -0.795. The van der Waals surface area contributed by atoms with E-state index in [9.17, 15) is 19.5 Å². The Hall–Kier alpha value is -2.02. The maximum Gasteiger partial charge on any atom is 0.306 e. The summed E-state index contributed by atoms with van der Waals surface area (Å²) in [6, 6.07) is 8.52. The largest absolute Gasteiger partial charge is 0.481 e. The standard InChI is InChI=1S/C18H22N2O4S/c1-12-9-19(8-7-14(12)18(23)24)17(22)15-10-25-11-20(15)16(21)13-5-3-2-4-6-13/h2-6,12,14-15H,7-11H2,1H3,(H,23,24). The van der Waals surface area contributed by atoms with E-state index in [1.807, 2.05) is 25.1 Å².